The number of ether oxygens (including phenoxy) is 1. The van der Waals surface area contributed by atoms with Crippen LogP contribution in [-0.4, -0.2) is 52.2 Å². The zero-order valence-electron chi connectivity index (χ0n) is 15.4. The number of aromatic nitrogens is 4. The highest BCUT2D eigenvalue weighted by atomic mass is 19.4. The molecule has 1 aliphatic carbocycles. The minimum Gasteiger partial charge on any atom is -0.481 e. The fraction of sp³-hybridized carbons (Fsp3) is 0.556. The first-order valence-corrected chi connectivity index (χ1v) is 9.24. The highest BCUT2D eigenvalue weighted by Crippen LogP contribution is 2.36. The first-order valence-electron chi connectivity index (χ1n) is 9.24. The molecule has 0 atom stereocenters. The van der Waals surface area contributed by atoms with Crippen LogP contribution in [0.15, 0.2) is 24.8 Å². The molecule has 0 radical (unpaired) electrons. The molecule has 4 rings (SSSR count). The summed E-state index contributed by atoms with van der Waals surface area (Å²) in [5.41, 5.74) is -0.910. The molecule has 0 aromatic carbocycles. The van der Waals surface area contributed by atoms with Crippen LogP contribution in [0.5, 0.6) is 5.88 Å². The molecule has 28 heavy (non-hydrogen) atoms. The quantitative estimate of drug-likeness (QED) is 0.772. The number of rotatable bonds is 5. The third-order valence-electron chi connectivity index (χ3n) is 5.17. The molecule has 10 heteroatoms. The molecule has 2 aromatic heterocycles. The second-order valence-corrected chi connectivity index (χ2v) is 7.03. The van der Waals surface area contributed by atoms with Gasteiger partial charge in [0.1, 0.15) is 30.0 Å². The maximum Gasteiger partial charge on any atom is 0.433 e. The normalized spacial score (nSPS) is 18.2. The monoisotopic (exact) mass is 394 g/mol. The lowest BCUT2D eigenvalue weighted by Crippen LogP contribution is -2.46. The number of nitrogens with zero attached hydrogens (tertiary/aromatic N) is 6. The van der Waals surface area contributed by atoms with Crippen LogP contribution in [0, 0.1) is 0 Å². The molecule has 1 aliphatic heterocycles. The number of anilines is 2. The molecule has 0 spiro atoms. The molecular weight excluding hydrogens is 373 g/mol. The molecule has 2 fully saturated rings. The number of hydrogen-bond acceptors (Lipinski definition) is 7. The summed E-state index contributed by atoms with van der Waals surface area (Å²) in [5, 5.41) is 0. The van der Waals surface area contributed by atoms with Crippen molar-refractivity contribution in [3.63, 3.8) is 0 Å². The van der Waals surface area contributed by atoms with Crippen molar-refractivity contribution in [2.24, 2.45) is 0 Å². The van der Waals surface area contributed by atoms with E-state index in [1.807, 2.05) is 11.0 Å². The zero-order valence-corrected chi connectivity index (χ0v) is 15.4. The smallest absolute Gasteiger partial charge is 0.433 e. The van der Waals surface area contributed by atoms with Crippen LogP contribution >= 0.6 is 0 Å². The Balaban J connectivity index is 1.47. The summed E-state index contributed by atoms with van der Waals surface area (Å²) in [5.74, 6) is 1.69. The third-order valence-corrected chi connectivity index (χ3v) is 5.17. The van der Waals surface area contributed by atoms with Gasteiger partial charge in [-0.3, -0.25) is 0 Å². The first-order chi connectivity index (χ1) is 13.5. The van der Waals surface area contributed by atoms with Gasteiger partial charge < -0.3 is 14.5 Å². The predicted molar refractivity (Wildman–Crippen MR) is 96.4 cm³/mol. The van der Waals surface area contributed by atoms with Gasteiger partial charge in [0.05, 0.1) is 7.11 Å². The summed E-state index contributed by atoms with van der Waals surface area (Å²) >= 11 is 0. The van der Waals surface area contributed by atoms with Crippen LogP contribution in [0.1, 0.15) is 31.4 Å². The van der Waals surface area contributed by atoms with Crippen molar-refractivity contribution in [3.05, 3.63) is 30.5 Å². The van der Waals surface area contributed by atoms with Gasteiger partial charge in [-0.25, -0.2) is 19.9 Å². The van der Waals surface area contributed by atoms with Gasteiger partial charge in [-0.2, -0.15) is 13.2 Å². The van der Waals surface area contributed by atoms with Crippen molar-refractivity contribution in [2.45, 2.75) is 43.9 Å². The summed E-state index contributed by atoms with van der Waals surface area (Å²) in [6.45, 7) is 1.26. The molecule has 1 saturated heterocycles. The fourth-order valence-electron chi connectivity index (χ4n) is 3.66. The van der Waals surface area contributed by atoms with E-state index in [1.54, 1.807) is 7.11 Å². The highest BCUT2D eigenvalue weighted by Gasteiger charge is 2.37. The molecule has 0 unspecified atom stereocenters. The van der Waals surface area contributed by atoms with Crippen molar-refractivity contribution in [1.82, 2.24) is 19.9 Å². The molecule has 2 aromatic rings. The third kappa shape index (κ3) is 3.95. The minimum atomic E-state index is -4.47. The number of methoxy groups -OCH3 is 1. The van der Waals surface area contributed by atoms with Gasteiger partial charge >= 0.3 is 6.18 Å². The number of hydrogen-bond donors (Lipinski definition) is 0. The van der Waals surface area contributed by atoms with Crippen molar-refractivity contribution in [3.8, 4) is 5.88 Å². The molecule has 1 saturated carbocycles. The van der Waals surface area contributed by atoms with E-state index in [-0.39, 0.29) is 6.04 Å². The largest absolute Gasteiger partial charge is 0.481 e. The predicted octanol–water partition coefficient (Wildman–Crippen LogP) is 2.93. The minimum absolute atomic E-state index is 0.271. The van der Waals surface area contributed by atoms with Crippen LogP contribution in [0.3, 0.4) is 0 Å². The van der Waals surface area contributed by atoms with Gasteiger partial charge in [-0.15, -0.1) is 0 Å². The van der Waals surface area contributed by atoms with E-state index < -0.39 is 11.9 Å². The summed E-state index contributed by atoms with van der Waals surface area (Å²) < 4.78 is 43.9. The lowest BCUT2D eigenvalue weighted by atomic mass is 10.0. The van der Waals surface area contributed by atoms with Gasteiger partial charge in [0.2, 0.25) is 5.88 Å². The lowest BCUT2D eigenvalue weighted by molar-refractivity contribution is -0.141. The summed E-state index contributed by atoms with van der Waals surface area (Å²) in [4.78, 5) is 20.1. The summed E-state index contributed by atoms with van der Waals surface area (Å²) in [6.07, 6.45) is 1.88. The Morgan fingerprint density at radius 3 is 2.29 bits per heavy atom. The topological polar surface area (TPSA) is 67.3 Å². The lowest BCUT2D eigenvalue weighted by Gasteiger charge is -2.39. The molecule has 0 bridgehead atoms. The number of halogens is 3. The Hall–Kier alpha value is -2.65. The molecule has 2 aliphatic rings. The average molecular weight is 394 g/mol. The molecule has 7 nitrogen and oxygen atoms in total. The van der Waals surface area contributed by atoms with Gasteiger partial charge in [-0.1, -0.05) is 0 Å². The summed E-state index contributed by atoms with van der Waals surface area (Å²) in [6, 6.07) is 3.58. The van der Waals surface area contributed by atoms with Crippen molar-refractivity contribution >= 4 is 11.6 Å². The Kier molecular flexibility index (Phi) is 4.94. The molecule has 150 valence electrons. The SMILES string of the molecule is COc1cc(N(C2CC2)C2CCN(c3cc(C(F)(F)F)ncn3)CC2)ncn1. The molecular formula is C18H21F3N6O. The van der Waals surface area contributed by atoms with Crippen LogP contribution in [0.25, 0.3) is 0 Å². The second kappa shape index (κ2) is 7.40. The van der Waals surface area contributed by atoms with E-state index in [9.17, 15) is 13.2 Å². The Morgan fingerprint density at radius 1 is 0.964 bits per heavy atom. The molecule has 0 amide bonds. The van der Waals surface area contributed by atoms with E-state index in [2.05, 4.69) is 24.8 Å². The van der Waals surface area contributed by atoms with Gasteiger partial charge in [0.15, 0.2) is 0 Å². The van der Waals surface area contributed by atoms with Gasteiger partial charge in [-0.05, 0) is 25.7 Å². The van der Waals surface area contributed by atoms with E-state index in [0.29, 0.717) is 30.8 Å². The number of piperidine rings is 1. The van der Waals surface area contributed by atoms with E-state index in [0.717, 1.165) is 43.9 Å². The zero-order chi connectivity index (χ0) is 19.7. The summed E-state index contributed by atoms with van der Waals surface area (Å²) in [7, 11) is 1.57. The maximum absolute atomic E-state index is 12.9. The Labute approximate surface area is 160 Å². The maximum atomic E-state index is 12.9. The van der Waals surface area contributed by atoms with Crippen LogP contribution in [-0.2, 0) is 6.18 Å². The van der Waals surface area contributed by atoms with E-state index >= 15 is 0 Å². The second-order valence-electron chi connectivity index (χ2n) is 7.03. The Morgan fingerprint density at radius 2 is 1.64 bits per heavy atom. The fourth-order valence-corrected chi connectivity index (χ4v) is 3.66. The van der Waals surface area contributed by atoms with E-state index in [4.69, 9.17) is 4.74 Å². The van der Waals surface area contributed by atoms with Crippen molar-refractivity contribution in [1.29, 1.82) is 0 Å². The van der Waals surface area contributed by atoms with Crippen LogP contribution in [0.4, 0.5) is 24.8 Å². The Bertz CT molecular complexity index is 821. The van der Waals surface area contributed by atoms with Crippen molar-refractivity contribution in [2.75, 3.05) is 30.0 Å². The van der Waals surface area contributed by atoms with Crippen LogP contribution in [0.2, 0.25) is 0 Å². The first kappa shape index (κ1) is 18.7. The highest BCUT2D eigenvalue weighted by molar-refractivity contribution is 5.46. The van der Waals surface area contributed by atoms with Gasteiger partial charge in [0, 0.05) is 37.3 Å². The van der Waals surface area contributed by atoms with E-state index in [1.165, 1.54) is 6.33 Å². The standard InChI is InChI=1S/C18H21F3N6O/c1-28-17-9-16(24-11-25-17)27(12-2-3-12)13-4-6-26(7-5-13)15-8-14(18(19,20)21)22-10-23-15/h8-13H,2-7H2,1H3. The van der Waals surface area contributed by atoms with Gasteiger partial charge in [0.25, 0.3) is 0 Å². The van der Waals surface area contributed by atoms with Crippen molar-refractivity contribution < 1.29 is 17.9 Å². The molecule has 3 heterocycles. The number of alkyl halides is 3. The van der Waals surface area contributed by atoms with Crippen LogP contribution < -0.4 is 14.5 Å². The average Bonchev–Trinajstić information content (AvgIpc) is 3.53. The molecule has 0 N–H and O–H groups in total.